The number of hydrogen-bond acceptors (Lipinski definition) is 6. The monoisotopic (exact) mass is 569 g/mol. The summed E-state index contributed by atoms with van der Waals surface area (Å²) in [6, 6.07) is 1.38. The highest BCUT2D eigenvalue weighted by Gasteiger charge is 2.49. The smallest absolute Gasteiger partial charge is 0.350 e. The molecule has 36 heavy (non-hydrogen) atoms. The summed E-state index contributed by atoms with van der Waals surface area (Å²) in [5.74, 6) is -1.47. The Morgan fingerprint density at radius 3 is 2.56 bits per heavy atom. The van der Waals surface area contributed by atoms with E-state index in [1.165, 1.54) is 13.1 Å². The van der Waals surface area contributed by atoms with Crippen molar-refractivity contribution in [1.29, 1.82) is 0 Å². The number of nitrogens with zero attached hydrogens (tertiary/aromatic N) is 4. The van der Waals surface area contributed by atoms with Crippen LogP contribution >= 0.6 is 22.9 Å². The molecule has 1 N–H and O–H groups in total. The van der Waals surface area contributed by atoms with E-state index in [-0.39, 0.29) is 27.2 Å². The molecule has 0 saturated carbocycles. The third-order valence-electron chi connectivity index (χ3n) is 5.53. The number of aromatic nitrogens is 3. The van der Waals surface area contributed by atoms with Crippen LogP contribution in [-0.2, 0) is 27.5 Å². The zero-order chi connectivity index (χ0) is 26.4. The average molecular weight is 570 g/mol. The van der Waals surface area contributed by atoms with Crippen molar-refractivity contribution in [1.82, 2.24) is 24.4 Å². The quantitative estimate of drug-likeness (QED) is 0.454. The maximum absolute atomic E-state index is 14.5. The fourth-order valence-corrected chi connectivity index (χ4v) is 6.44. The van der Waals surface area contributed by atoms with Gasteiger partial charge in [-0.2, -0.15) is 22.6 Å². The molecule has 3 heterocycles. The molecule has 1 fully saturated rings. The lowest BCUT2D eigenvalue weighted by Gasteiger charge is -2.26. The van der Waals surface area contributed by atoms with Gasteiger partial charge in [0.2, 0.25) is 15.9 Å². The minimum Gasteiger partial charge on any atom is -0.350 e. The van der Waals surface area contributed by atoms with Crippen molar-refractivity contribution in [2.45, 2.75) is 49.2 Å². The SMILES string of the molecule is CC1C(F)CC(C(=O)NCc2cn(-c3cnc(C(F)(F)F)s3)nc2Cl)N1S(=O)(=O)c1ccc(F)cc1. The molecule has 3 aromatic rings. The number of benzene rings is 1. The molecule has 1 amide bonds. The second-order valence-electron chi connectivity index (χ2n) is 7.91. The molecule has 1 aliphatic rings. The molecule has 8 nitrogen and oxygen atoms in total. The zero-order valence-electron chi connectivity index (χ0n) is 18.2. The standard InChI is InChI=1S/C20H17ClF5N5O3S2/c1-10-14(23)6-15(31(10)36(33,34)13-4-2-12(22)3-5-13)18(32)27-7-11-9-30(29-17(11)21)16-8-28-19(35-16)20(24,25)26/h2-5,8-10,14-15H,6-7H2,1H3,(H,27,32). The summed E-state index contributed by atoms with van der Waals surface area (Å²) in [5, 5.41) is 5.24. The van der Waals surface area contributed by atoms with Gasteiger partial charge in [-0.1, -0.05) is 22.9 Å². The third kappa shape index (κ3) is 5.10. The van der Waals surface area contributed by atoms with E-state index in [9.17, 15) is 35.2 Å². The highest BCUT2D eigenvalue weighted by Crippen LogP contribution is 2.35. The van der Waals surface area contributed by atoms with Crippen LogP contribution in [0, 0.1) is 5.82 Å². The van der Waals surface area contributed by atoms with Gasteiger partial charge in [-0.25, -0.2) is 26.9 Å². The Hall–Kier alpha value is -2.62. The second kappa shape index (κ2) is 9.68. The number of sulfonamides is 1. The summed E-state index contributed by atoms with van der Waals surface area (Å²) < 4.78 is 94.3. The van der Waals surface area contributed by atoms with Crippen molar-refractivity contribution in [3.05, 3.63) is 58.2 Å². The number of hydrogen-bond donors (Lipinski definition) is 1. The van der Waals surface area contributed by atoms with Crippen LogP contribution in [-0.4, -0.2) is 51.7 Å². The highest BCUT2D eigenvalue weighted by molar-refractivity contribution is 7.89. The number of halogens is 6. The van der Waals surface area contributed by atoms with E-state index in [1.54, 1.807) is 0 Å². The molecule has 3 unspecified atom stereocenters. The number of thiazole rings is 1. The van der Waals surface area contributed by atoms with E-state index < -0.39 is 57.6 Å². The molecule has 194 valence electrons. The molecule has 0 aliphatic carbocycles. The highest BCUT2D eigenvalue weighted by atomic mass is 35.5. The first kappa shape index (κ1) is 26.4. The van der Waals surface area contributed by atoms with Crippen LogP contribution in [0.2, 0.25) is 5.15 Å². The van der Waals surface area contributed by atoms with E-state index in [4.69, 9.17) is 11.6 Å². The Morgan fingerprint density at radius 2 is 1.94 bits per heavy atom. The van der Waals surface area contributed by atoms with Crippen LogP contribution in [0.4, 0.5) is 22.0 Å². The molecule has 0 bridgehead atoms. The van der Waals surface area contributed by atoms with Crippen molar-refractivity contribution >= 4 is 38.9 Å². The van der Waals surface area contributed by atoms with Crippen LogP contribution < -0.4 is 5.32 Å². The number of nitrogens with one attached hydrogen (secondary N) is 1. The lowest BCUT2D eigenvalue weighted by molar-refractivity contribution is -0.137. The van der Waals surface area contributed by atoms with Crippen LogP contribution in [0.1, 0.15) is 23.9 Å². The topological polar surface area (TPSA) is 97.2 Å². The summed E-state index contributed by atoms with van der Waals surface area (Å²) in [6.07, 6.45) is -4.39. The van der Waals surface area contributed by atoms with Gasteiger partial charge in [-0.15, -0.1) is 0 Å². The Kier molecular flexibility index (Phi) is 7.11. The molecule has 4 rings (SSSR count). The molecule has 3 atom stereocenters. The molecule has 0 radical (unpaired) electrons. The minimum absolute atomic E-state index is 0.0308. The van der Waals surface area contributed by atoms with Gasteiger partial charge >= 0.3 is 6.18 Å². The van der Waals surface area contributed by atoms with E-state index in [1.807, 2.05) is 0 Å². The van der Waals surface area contributed by atoms with Gasteiger partial charge in [0.25, 0.3) is 0 Å². The first-order valence-corrected chi connectivity index (χ1v) is 12.9. The van der Waals surface area contributed by atoms with Gasteiger partial charge in [0.15, 0.2) is 10.2 Å². The molecule has 1 saturated heterocycles. The number of carbonyl (C=O) groups is 1. The van der Waals surface area contributed by atoms with Crippen LogP contribution in [0.15, 0.2) is 41.6 Å². The molecule has 2 aromatic heterocycles. The molecule has 0 spiro atoms. The van der Waals surface area contributed by atoms with E-state index in [0.29, 0.717) is 11.3 Å². The van der Waals surface area contributed by atoms with Gasteiger partial charge in [0, 0.05) is 24.7 Å². The number of alkyl halides is 4. The molecule has 16 heteroatoms. The van der Waals surface area contributed by atoms with E-state index in [0.717, 1.165) is 39.4 Å². The third-order valence-corrected chi connectivity index (χ3v) is 8.89. The Morgan fingerprint density at radius 1 is 1.28 bits per heavy atom. The second-order valence-corrected chi connectivity index (χ2v) is 11.1. The van der Waals surface area contributed by atoms with Crippen LogP contribution in [0.3, 0.4) is 0 Å². The van der Waals surface area contributed by atoms with Gasteiger partial charge in [0.05, 0.1) is 17.1 Å². The molecular weight excluding hydrogens is 553 g/mol. The van der Waals surface area contributed by atoms with Crippen molar-refractivity contribution in [3.63, 3.8) is 0 Å². The van der Waals surface area contributed by atoms with Gasteiger partial charge in [-0.3, -0.25) is 4.79 Å². The maximum Gasteiger partial charge on any atom is 0.443 e. The van der Waals surface area contributed by atoms with E-state index >= 15 is 0 Å². The van der Waals surface area contributed by atoms with Gasteiger partial charge in [-0.05, 0) is 31.2 Å². The Balaban J connectivity index is 1.51. The molecule has 1 aliphatic heterocycles. The Labute approximate surface area is 210 Å². The zero-order valence-corrected chi connectivity index (χ0v) is 20.6. The summed E-state index contributed by atoms with van der Waals surface area (Å²) >= 11 is 6.40. The summed E-state index contributed by atoms with van der Waals surface area (Å²) in [7, 11) is -4.34. The fourth-order valence-electron chi connectivity index (χ4n) is 3.72. The van der Waals surface area contributed by atoms with Crippen molar-refractivity contribution in [2.24, 2.45) is 0 Å². The maximum atomic E-state index is 14.5. The fraction of sp³-hybridized carbons (Fsp3) is 0.350. The minimum atomic E-state index is -4.62. The van der Waals surface area contributed by atoms with Crippen LogP contribution in [0.25, 0.3) is 5.00 Å². The summed E-state index contributed by atoms with van der Waals surface area (Å²) in [6.45, 7) is 1.07. The van der Waals surface area contributed by atoms with Crippen molar-refractivity contribution < 1.29 is 35.2 Å². The van der Waals surface area contributed by atoms with Gasteiger partial charge in [0.1, 0.15) is 23.0 Å². The molecular formula is C20H17ClF5N5O3S2. The van der Waals surface area contributed by atoms with Crippen molar-refractivity contribution in [2.75, 3.05) is 0 Å². The van der Waals surface area contributed by atoms with Crippen molar-refractivity contribution in [3.8, 4) is 5.00 Å². The molecule has 1 aromatic carbocycles. The largest absolute Gasteiger partial charge is 0.443 e. The predicted octanol–water partition coefficient (Wildman–Crippen LogP) is 3.95. The first-order chi connectivity index (χ1) is 16.8. The number of amides is 1. The lowest BCUT2D eigenvalue weighted by atomic mass is 10.1. The first-order valence-electron chi connectivity index (χ1n) is 10.3. The number of carbonyl (C=O) groups excluding carboxylic acids is 1. The number of rotatable bonds is 6. The Bertz CT molecular complexity index is 1380. The van der Waals surface area contributed by atoms with Crippen LogP contribution in [0.5, 0.6) is 0 Å². The summed E-state index contributed by atoms with van der Waals surface area (Å²) in [4.78, 5) is 15.9. The van der Waals surface area contributed by atoms with Gasteiger partial charge < -0.3 is 5.32 Å². The van der Waals surface area contributed by atoms with E-state index in [2.05, 4.69) is 15.4 Å². The summed E-state index contributed by atoms with van der Waals surface area (Å²) in [5.41, 5.74) is 0.225. The normalized spacial score (nSPS) is 21.1. The lowest BCUT2D eigenvalue weighted by Crippen LogP contribution is -2.48. The average Bonchev–Trinajstić information content (AvgIpc) is 3.50. The predicted molar refractivity (Wildman–Crippen MR) is 119 cm³/mol.